The number of likely N-dealkylation sites (N-methyl/N-ethyl adjacent to an activating group) is 1. The van der Waals surface area contributed by atoms with Crippen LogP contribution >= 0.6 is 0 Å². The van der Waals surface area contributed by atoms with Crippen LogP contribution in [0.3, 0.4) is 0 Å². The third-order valence-electron chi connectivity index (χ3n) is 5.54. The van der Waals surface area contributed by atoms with Crippen molar-refractivity contribution in [2.45, 2.75) is 44.7 Å². The van der Waals surface area contributed by atoms with Gasteiger partial charge in [0.25, 0.3) is 0 Å². The minimum Gasteiger partial charge on any atom is -0.497 e. The van der Waals surface area contributed by atoms with Gasteiger partial charge in [-0.3, -0.25) is 14.7 Å². The highest BCUT2D eigenvalue weighted by Gasteiger charge is 2.28. The van der Waals surface area contributed by atoms with E-state index in [0.717, 1.165) is 37.1 Å². The summed E-state index contributed by atoms with van der Waals surface area (Å²) in [4.78, 5) is 21.9. The number of rotatable bonds is 7. The lowest BCUT2D eigenvalue weighted by atomic mass is 10.1. The molecule has 1 fully saturated rings. The van der Waals surface area contributed by atoms with Crippen LogP contribution in [0.5, 0.6) is 5.75 Å². The Balaban J connectivity index is 1.72. The zero-order valence-corrected chi connectivity index (χ0v) is 17.0. The van der Waals surface area contributed by atoms with Gasteiger partial charge in [0.2, 0.25) is 5.91 Å². The molecule has 150 valence electrons. The van der Waals surface area contributed by atoms with Crippen molar-refractivity contribution in [3.05, 3.63) is 59.9 Å². The molecule has 28 heavy (non-hydrogen) atoms. The molecule has 1 aromatic heterocycles. The Kier molecular flexibility index (Phi) is 7.43. The number of carbonyl (C=O) groups is 1. The first-order valence-electron chi connectivity index (χ1n) is 10.2. The quantitative estimate of drug-likeness (QED) is 0.736. The molecule has 0 unspecified atom stereocenters. The van der Waals surface area contributed by atoms with Gasteiger partial charge in [0.1, 0.15) is 5.75 Å². The summed E-state index contributed by atoms with van der Waals surface area (Å²) in [6.07, 6.45) is 8.90. The average molecular weight is 382 g/mol. The van der Waals surface area contributed by atoms with Gasteiger partial charge < -0.3 is 9.64 Å². The third kappa shape index (κ3) is 5.55. The van der Waals surface area contributed by atoms with Crippen LogP contribution in [0, 0.1) is 0 Å². The molecular weight excluding hydrogens is 350 g/mol. The van der Waals surface area contributed by atoms with E-state index in [4.69, 9.17) is 4.74 Å². The van der Waals surface area contributed by atoms with E-state index < -0.39 is 0 Å². The number of methoxy groups -OCH3 is 1. The maximum absolute atomic E-state index is 13.4. The molecule has 2 heterocycles. The van der Waals surface area contributed by atoms with Gasteiger partial charge in [0, 0.05) is 25.5 Å². The van der Waals surface area contributed by atoms with Gasteiger partial charge in [-0.2, -0.15) is 0 Å². The molecule has 0 bridgehead atoms. The first kappa shape index (κ1) is 20.3. The van der Waals surface area contributed by atoms with Crippen LogP contribution in [0.2, 0.25) is 0 Å². The Morgan fingerprint density at radius 2 is 2.00 bits per heavy atom. The Labute approximate surface area is 168 Å². The molecule has 1 aromatic carbocycles. The molecule has 1 aliphatic rings. The Hall–Kier alpha value is -2.40. The van der Waals surface area contributed by atoms with Crippen LogP contribution < -0.4 is 4.74 Å². The SMILES string of the molecule is COc1ccc(CCN(Cc2cccnc2)C(=O)[C@@H]2CCCCCN2C)cc1. The Bertz CT molecular complexity index is 733. The summed E-state index contributed by atoms with van der Waals surface area (Å²) in [5.74, 6) is 1.09. The van der Waals surface area contributed by atoms with Crippen molar-refractivity contribution in [2.75, 3.05) is 27.2 Å². The van der Waals surface area contributed by atoms with Gasteiger partial charge in [-0.25, -0.2) is 0 Å². The molecule has 1 saturated heterocycles. The van der Waals surface area contributed by atoms with Gasteiger partial charge >= 0.3 is 0 Å². The van der Waals surface area contributed by atoms with Crippen molar-refractivity contribution in [3.63, 3.8) is 0 Å². The summed E-state index contributed by atoms with van der Waals surface area (Å²) >= 11 is 0. The fourth-order valence-corrected chi connectivity index (χ4v) is 3.81. The van der Waals surface area contributed by atoms with E-state index >= 15 is 0 Å². The first-order chi connectivity index (χ1) is 13.7. The lowest BCUT2D eigenvalue weighted by Crippen LogP contribution is -2.47. The normalized spacial score (nSPS) is 17.7. The summed E-state index contributed by atoms with van der Waals surface area (Å²) in [6, 6.07) is 12.0. The number of benzene rings is 1. The monoisotopic (exact) mass is 381 g/mol. The molecule has 1 atom stereocenters. The smallest absolute Gasteiger partial charge is 0.240 e. The van der Waals surface area contributed by atoms with Gasteiger partial charge in [0.15, 0.2) is 0 Å². The van der Waals surface area contributed by atoms with Crippen molar-refractivity contribution >= 4 is 5.91 Å². The number of ether oxygens (including phenoxy) is 1. The Morgan fingerprint density at radius 1 is 1.18 bits per heavy atom. The highest BCUT2D eigenvalue weighted by Crippen LogP contribution is 2.19. The van der Waals surface area contributed by atoms with E-state index in [1.54, 1.807) is 13.3 Å². The number of amides is 1. The molecule has 5 nitrogen and oxygen atoms in total. The number of likely N-dealkylation sites (tertiary alicyclic amines) is 1. The van der Waals surface area contributed by atoms with E-state index in [1.807, 2.05) is 35.4 Å². The maximum atomic E-state index is 13.4. The largest absolute Gasteiger partial charge is 0.497 e. The van der Waals surface area contributed by atoms with E-state index in [-0.39, 0.29) is 11.9 Å². The molecule has 0 N–H and O–H groups in total. The number of aromatic nitrogens is 1. The number of pyridine rings is 1. The Morgan fingerprint density at radius 3 is 2.71 bits per heavy atom. The molecule has 0 saturated carbocycles. The lowest BCUT2D eigenvalue weighted by molar-refractivity contribution is -0.137. The zero-order valence-electron chi connectivity index (χ0n) is 17.0. The van der Waals surface area contributed by atoms with Crippen LogP contribution in [-0.2, 0) is 17.8 Å². The highest BCUT2D eigenvalue weighted by atomic mass is 16.5. The number of nitrogens with zero attached hydrogens (tertiary/aromatic N) is 3. The van der Waals surface area contributed by atoms with Crippen molar-refractivity contribution < 1.29 is 9.53 Å². The third-order valence-corrected chi connectivity index (χ3v) is 5.54. The van der Waals surface area contributed by atoms with Gasteiger partial charge in [0.05, 0.1) is 13.2 Å². The molecule has 5 heteroatoms. The van der Waals surface area contributed by atoms with Crippen molar-refractivity contribution in [2.24, 2.45) is 0 Å². The van der Waals surface area contributed by atoms with Gasteiger partial charge in [-0.1, -0.05) is 31.0 Å². The summed E-state index contributed by atoms with van der Waals surface area (Å²) in [7, 11) is 3.76. The predicted molar refractivity (Wildman–Crippen MR) is 111 cm³/mol. The molecule has 0 aliphatic carbocycles. The molecule has 1 amide bonds. The van der Waals surface area contributed by atoms with E-state index in [2.05, 4.69) is 29.1 Å². The summed E-state index contributed by atoms with van der Waals surface area (Å²) in [5, 5.41) is 0. The molecular formula is C23H31N3O2. The standard InChI is InChI=1S/C23H31N3O2/c1-25-15-5-3-4-8-22(25)23(27)26(18-20-7-6-14-24-17-20)16-13-19-9-11-21(28-2)12-10-19/h6-7,9-12,14,17,22H,3-5,8,13,15-16,18H2,1-2H3/t22-/m0/s1. The minimum atomic E-state index is -0.0185. The topological polar surface area (TPSA) is 45.7 Å². The summed E-state index contributed by atoms with van der Waals surface area (Å²) < 4.78 is 5.24. The van der Waals surface area contributed by atoms with Gasteiger partial charge in [-0.15, -0.1) is 0 Å². The minimum absolute atomic E-state index is 0.0185. The molecule has 2 aromatic rings. The van der Waals surface area contributed by atoms with Crippen LogP contribution in [0.4, 0.5) is 0 Å². The van der Waals surface area contributed by atoms with E-state index in [9.17, 15) is 4.79 Å². The molecule has 3 rings (SSSR count). The van der Waals surface area contributed by atoms with Crippen molar-refractivity contribution in [3.8, 4) is 5.75 Å². The second-order valence-corrected chi connectivity index (χ2v) is 7.56. The zero-order chi connectivity index (χ0) is 19.8. The van der Waals surface area contributed by atoms with Crippen molar-refractivity contribution in [1.29, 1.82) is 0 Å². The average Bonchev–Trinajstić information content (AvgIpc) is 2.96. The van der Waals surface area contributed by atoms with Crippen molar-refractivity contribution in [1.82, 2.24) is 14.8 Å². The van der Waals surface area contributed by atoms with Crippen LogP contribution in [-0.4, -0.2) is 54.0 Å². The van der Waals surface area contributed by atoms with Gasteiger partial charge in [-0.05, 0) is 62.2 Å². The summed E-state index contributed by atoms with van der Waals surface area (Å²) in [5.41, 5.74) is 2.28. The fourth-order valence-electron chi connectivity index (χ4n) is 3.81. The molecule has 0 spiro atoms. The van der Waals surface area contributed by atoms with E-state index in [1.165, 1.54) is 18.4 Å². The lowest BCUT2D eigenvalue weighted by Gasteiger charge is -2.31. The number of carbonyl (C=O) groups excluding carboxylic acids is 1. The van der Waals surface area contributed by atoms with Crippen LogP contribution in [0.15, 0.2) is 48.8 Å². The van der Waals surface area contributed by atoms with Crippen LogP contribution in [0.25, 0.3) is 0 Å². The molecule has 1 aliphatic heterocycles. The predicted octanol–water partition coefficient (Wildman–Crippen LogP) is 3.54. The second-order valence-electron chi connectivity index (χ2n) is 7.56. The first-order valence-corrected chi connectivity index (χ1v) is 10.2. The highest BCUT2D eigenvalue weighted by molar-refractivity contribution is 5.82. The van der Waals surface area contributed by atoms with E-state index in [0.29, 0.717) is 13.1 Å². The fraction of sp³-hybridized carbons (Fsp3) is 0.478. The molecule has 0 radical (unpaired) electrons. The summed E-state index contributed by atoms with van der Waals surface area (Å²) in [6.45, 7) is 2.30. The van der Waals surface area contributed by atoms with Crippen LogP contribution in [0.1, 0.15) is 36.8 Å². The number of hydrogen-bond donors (Lipinski definition) is 0. The maximum Gasteiger partial charge on any atom is 0.240 e. The number of hydrogen-bond acceptors (Lipinski definition) is 4. The second kappa shape index (κ2) is 10.2.